The van der Waals surface area contributed by atoms with Gasteiger partial charge in [0.2, 0.25) is 5.78 Å². The van der Waals surface area contributed by atoms with E-state index in [0.717, 1.165) is 0 Å². The van der Waals surface area contributed by atoms with Crippen LogP contribution in [0, 0.1) is 0 Å². The molecule has 1 rings (SSSR count). The molecule has 0 atom stereocenters. The summed E-state index contributed by atoms with van der Waals surface area (Å²) in [6.45, 7) is 1.24. The van der Waals surface area contributed by atoms with Gasteiger partial charge in [-0.3, -0.25) is 14.5 Å². The van der Waals surface area contributed by atoms with E-state index < -0.39 is 11.7 Å². The summed E-state index contributed by atoms with van der Waals surface area (Å²) in [6, 6.07) is 5.17. The summed E-state index contributed by atoms with van der Waals surface area (Å²) < 4.78 is 0. The van der Waals surface area contributed by atoms with Crippen molar-refractivity contribution in [2.75, 3.05) is 11.9 Å². The lowest BCUT2D eigenvalue weighted by atomic mass is 10.3. The fraction of sp³-hybridized carbons (Fsp3) is 0.222. The molecule has 0 N–H and O–H groups in total. The minimum Gasteiger partial charge on any atom is -0.293 e. The van der Waals surface area contributed by atoms with Crippen molar-refractivity contribution in [1.82, 2.24) is 4.98 Å². The van der Waals surface area contributed by atoms with E-state index >= 15 is 0 Å². The number of pyridine rings is 1. The van der Waals surface area contributed by atoms with Crippen LogP contribution in [0.1, 0.15) is 6.92 Å². The van der Waals surface area contributed by atoms with Gasteiger partial charge in [0.15, 0.2) is 0 Å². The Hall–Kier alpha value is -1.71. The van der Waals surface area contributed by atoms with Gasteiger partial charge in [-0.2, -0.15) is 0 Å². The molecular formula is C9H10N2O2. The lowest BCUT2D eigenvalue weighted by Crippen LogP contribution is -2.32. The fourth-order valence-electron chi connectivity index (χ4n) is 0.892. The standard InChI is InChI=1S/C9H10N2O2/c1-7(12)9(13)11(2)8-5-3-4-6-10-8/h3-6H,1-2H3. The topological polar surface area (TPSA) is 50.3 Å². The first-order valence-corrected chi connectivity index (χ1v) is 3.82. The molecule has 1 amide bonds. The van der Waals surface area contributed by atoms with E-state index in [1.165, 1.54) is 18.9 Å². The first-order chi connectivity index (χ1) is 6.13. The average Bonchev–Trinajstić information content (AvgIpc) is 2.17. The van der Waals surface area contributed by atoms with E-state index in [9.17, 15) is 9.59 Å². The van der Waals surface area contributed by atoms with Gasteiger partial charge in [0, 0.05) is 20.2 Å². The number of aromatic nitrogens is 1. The summed E-state index contributed by atoms with van der Waals surface area (Å²) in [4.78, 5) is 27.1. The highest BCUT2D eigenvalue weighted by Gasteiger charge is 2.15. The number of Topliss-reactive ketones (excluding diaryl/α,β-unsaturated/α-hetero) is 1. The zero-order chi connectivity index (χ0) is 9.84. The van der Waals surface area contributed by atoms with Crippen LogP contribution in [0.2, 0.25) is 0 Å². The van der Waals surface area contributed by atoms with E-state index in [1.807, 2.05) is 0 Å². The molecule has 1 aromatic heterocycles. The van der Waals surface area contributed by atoms with Crippen LogP contribution in [-0.2, 0) is 9.59 Å². The molecule has 0 radical (unpaired) electrons. The predicted octanol–water partition coefficient (Wildman–Crippen LogP) is 0.633. The number of hydrogen-bond acceptors (Lipinski definition) is 3. The van der Waals surface area contributed by atoms with Crippen molar-refractivity contribution >= 4 is 17.5 Å². The van der Waals surface area contributed by atoms with Crippen molar-refractivity contribution in [3.63, 3.8) is 0 Å². The van der Waals surface area contributed by atoms with Gasteiger partial charge >= 0.3 is 0 Å². The Morgan fingerprint density at radius 2 is 2.08 bits per heavy atom. The number of amides is 1. The highest BCUT2D eigenvalue weighted by molar-refractivity contribution is 6.40. The van der Waals surface area contributed by atoms with Gasteiger partial charge in [0.25, 0.3) is 5.91 Å². The summed E-state index contributed by atoms with van der Waals surface area (Å²) in [7, 11) is 1.52. The summed E-state index contributed by atoms with van der Waals surface area (Å²) in [5.41, 5.74) is 0. The molecule has 4 nitrogen and oxygen atoms in total. The third-order valence-electron chi connectivity index (χ3n) is 1.60. The van der Waals surface area contributed by atoms with E-state index in [-0.39, 0.29) is 0 Å². The number of hydrogen-bond donors (Lipinski definition) is 0. The smallest absolute Gasteiger partial charge is 0.293 e. The molecule has 4 heteroatoms. The lowest BCUT2D eigenvalue weighted by Gasteiger charge is -2.13. The zero-order valence-electron chi connectivity index (χ0n) is 7.52. The maximum Gasteiger partial charge on any atom is 0.294 e. The van der Waals surface area contributed by atoms with E-state index in [4.69, 9.17) is 0 Å². The Bertz CT molecular complexity index is 322. The Morgan fingerprint density at radius 3 is 2.54 bits per heavy atom. The number of rotatable bonds is 2. The highest BCUT2D eigenvalue weighted by Crippen LogP contribution is 2.06. The molecule has 13 heavy (non-hydrogen) atoms. The molecular weight excluding hydrogens is 168 g/mol. The van der Waals surface area contributed by atoms with E-state index in [1.54, 1.807) is 24.4 Å². The second-order valence-electron chi connectivity index (χ2n) is 2.61. The summed E-state index contributed by atoms with van der Waals surface area (Å²) in [5, 5.41) is 0. The number of carbonyl (C=O) groups excluding carboxylic acids is 2. The monoisotopic (exact) mass is 178 g/mol. The molecule has 0 saturated heterocycles. The first kappa shape index (κ1) is 9.38. The van der Waals surface area contributed by atoms with Gasteiger partial charge in [-0.15, -0.1) is 0 Å². The molecule has 1 aromatic rings. The summed E-state index contributed by atoms with van der Waals surface area (Å²) in [6.07, 6.45) is 1.57. The number of nitrogens with zero attached hydrogens (tertiary/aromatic N) is 2. The van der Waals surface area contributed by atoms with Gasteiger partial charge < -0.3 is 0 Å². The third-order valence-corrected chi connectivity index (χ3v) is 1.60. The van der Waals surface area contributed by atoms with Crippen LogP contribution < -0.4 is 4.90 Å². The molecule has 0 aliphatic carbocycles. The van der Waals surface area contributed by atoms with Crippen LogP contribution in [0.25, 0.3) is 0 Å². The minimum absolute atomic E-state index is 0.475. The second kappa shape index (κ2) is 3.80. The molecule has 68 valence electrons. The summed E-state index contributed by atoms with van der Waals surface area (Å²) >= 11 is 0. The molecule has 1 heterocycles. The Balaban J connectivity index is 2.86. The van der Waals surface area contributed by atoms with Gasteiger partial charge in [0.05, 0.1) is 0 Å². The van der Waals surface area contributed by atoms with Gasteiger partial charge in [-0.1, -0.05) is 6.07 Å². The molecule has 0 aromatic carbocycles. The fourth-order valence-corrected chi connectivity index (χ4v) is 0.892. The highest BCUT2D eigenvalue weighted by atomic mass is 16.2. The van der Waals surface area contributed by atoms with Crippen LogP contribution in [0.3, 0.4) is 0 Å². The first-order valence-electron chi connectivity index (χ1n) is 3.82. The van der Waals surface area contributed by atoms with Crippen molar-refractivity contribution in [2.24, 2.45) is 0 Å². The largest absolute Gasteiger partial charge is 0.294 e. The molecule has 0 unspecified atom stereocenters. The number of anilines is 1. The molecule has 0 bridgehead atoms. The van der Waals surface area contributed by atoms with Crippen molar-refractivity contribution in [2.45, 2.75) is 6.92 Å². The van der Waals surface area contributed by atoms with Crippen molar-refractivity contribution < 1.29 is 9.59 Å². The minimum atomic E-state index is -0.557. The van der Waals surface area contributed by atoms with E-state index in [2.05, 4.69) is 4.98 Å². The molecule has 0 aliphatic heterocycles. The number of ketones is 1. The molecule has 0 aliphatic rings. The van der Waals surface area contributed by atoms with Gasteiger partial charge in [-0.25, -0.2) is 4.98 Å². The number of carbonyl (C=O) groups is 2. The quantitative estimate of drug-likeness (QED) is 0.624. The predicted molar refractivity (Wildman–Crippen MR) is 48.3 cm³/mol. The van der Waals surface area contributed by atoms with Gasteiger partial charge in [-0.05, 0) is 12.1 Å². The van der Waals surface area contributed by atoms with Crippen LogP contribution in [0.5, 0.6) is 0 Å². The molecule has 0 saturated carbocycles. The van der Waals surface area contributed by atoms with Crippen LogP contribution >= 0.6 is 0 Å². The maximum atomic E-state index is 11.2. The normalized spacial score (nSPS) is 9.38. The Labute approximate surface area is 76.2 Å². The number of likely N-dealkylation sites (N-methyl/N-ethyl adjacent to an activating group) is 1. The van der Waals surface area contributed by atoms with Crippen LogP contribution in [-0.4, -0.2) is 23.7 Å². The second-order valence-corrected chi connectivity index (χ2v) is 2.61. The lowest BCUT2D eigenvalue weighted by molar-refractivity contribution is -0.134. The Morgan fingerprint density at radius 1 is 1.38 bits per heavy atom. The van der Waals surface area contributed by atoms with E-state index in [0.29, 0.717) is 5.82 Å². The maximum absolute atomic E-state index is 11.2. The van der Waals surface area contributed by atoms with Crippen LogP contribution in [0.4, 0.5) is 5.82 Å². The molecule has 0 fully saturated rings. The third kappa shape index (κ3) is 2.11. The van der Waals surface area contributed by atoms with Crippen molar-refractivity contribution in [3.8, 4) is 0 Å². The van der Waals surface area contributed by atoms with Gasteiger partial charge in [0.1, 0.15) is 5.82 Å². The Kier molecular flexibility index (Phi) is 2.74. The average molecular weight is 178 g/mol. The van der Waals surface area contributed by atoms with Crippen LogP contribution in [0.15, 0.2) is 24.4 Å². The SMILES string of the molecule is CC(=O)C(=O)N(C)c1ccccn1. The van der Waals surface area contributed by atoms with Crippen molar-refractivity contribution in [3.05, 3.63) is 24.4 Å². The van der Waals surface area contributed by atoms with Crippen molar-refractivity contribution in [1.29, 1.82) is 0 Å². The molecule has 0 spiro atoms. The zero-order valence-corrected chi connectivity index (χ0v) is 7.52. The summed E-state index contributed by atoms with van der Waals surface area (Å²) in [5.74, 6) is -0.574.